The normalized spacial score (nSPS) is 19.7. The van der Waals surface area contributed by atoms with Crippen LogP contribution in [0.3, 0.4) is 0 Å². The van der Waals surface area contributed by atoms with Crippen molar-refractivity contribution in [3.8, 4) is 0 Å². The monoisotopic (exact) mass is 268 g/mol. The van der Waals surface area contributed by atoms with Crippen LogP contribution in [-0.2, 0) is 0 Å². The van der Waals surface area contributed by atoms with Crippen molar-refractivity contribution in [3.63, 3.8) is 0 Å². The molecular weight excluding hydrogens is 255 g/mol. The number of rotatable bonds is 2. The van der Waals surface area contributed by atoms with Gasteiger partial charge < -0.3 is 10.0 Å². The van der Waals surface area contributed by atoms with Crippen LogP contribution >= 0.6 is 24.2 Å². The Morgan fingerprint density at radius 2 is 2.38 bits per heavy atom. The Bertz CT molecular complexity index is 367. The third kappa shape index (κ3) is 3.06. The van der Waals surface area contributed by atoms with Gasteiger partial charge in [-0.15, -0.1) is 12.6 Å². The van der Waals surface area contributed by atoms with E-state index in [1.54, 1.807) is 12.3 Å². The Hall–Kier alpha value is 0.550. The van der Waals surface area contributed by atoms with Crippen LogP contribution in [-0.4, -0.2) is 59.3 Å². The number of anilines is 1. The molecule has 6 heteroatoms. The molecule has 0 amide bonds. The fourth-order valence-electron chi connectivity index (χ4n) is 1.82. The van der Waals surface area contributed by atoms with Gasteiger partial charge in [-0.1, -0.05) is 11.6 Å². The molecule has 0 radical (unpaired) electrons. The van der Waals surface area contributed by atoms with E-state index < -0.39 is 0 Å². The standard InChI is InChI=1S/C10H13ClN2OS.Na.H/c11-9-8(15)1-3-12-10(9)13-4-2-7(5-13)6-14;;/h1,3,7,14H,2,4-6H2,(H,12,15);;/t7-;;/m0../s1. The van der Waals surface area contributed by atoms with Crippen LogP contribution in [0.2, 0.25) is 5.02 Å². The molecule has 1 fully saturated rings. The quantitative estimate of drug-likeness (QED) is 0.625. The third-order valence-electron chi connectivity index (χ3n) is 2.69. The van der Waals surface area contributed by atoms with Crippen LogP contribution < -0.4 is 4.90 Å². The van der Waals surface area contributed by atoms with Crippen LogP contribution in [0.4, 0.5) is 5.82 Å². The molecule has 1 aromatic heterocycles. The summed E-state index contributed by atoms with van der Waals surface area (Å²) in [5, 5.41) is 9.66. The fourth-order valence-corrected chi connectivity index (χ4v) is 2.22. The molecule has 0 unspecified atom stereocenters. The van der Waals surface area contributed by atoms with Crippen LogP contribution in [0, 0.1) is 5.92 Å². The first-order chi connectivity index (χ1) is 7.22. The third-order valence-corrected chi connectivity index (χ3v) is 3.57. The molecule has 3 nitrogen and oxygen atoms in total. The van der Waals surface area contributed by atoms with Gasteiger partial charge in [0, 0.05) is 36.7 Å². The Kier molecular flexibility index (Phi) is 5.91. The number of pyridine rings is 1. The zero-order valence-corrected chi connectivity index (χ0v) is 9.88. The number of thiol groups is 1. The molecule has 1 aliphatic heterocycles. The van der Waals surface area contributed by atoms with Gasteiger partial charge in [0.05, 0.1) is 5.02 Å². The molecule has 1 N–H and O–H groups in total. The van der Waals surface area contributed by atoms with Crippen LogP contribution in [0.5, 0.6) is 0 Å². The maximum absolute atomic E-state index is 9.06. The van der Waals surface area contributed by atoms with Gasteiger partial charge >= 0.3 is 29.6 Å². The second-order valence-corrected chi connectivity index (χ2v) is 4.61. The SMILES string of the molecule is OC[C@H]1CCN(c2nccc(S)c2Cl)C1.[NaH]. The second kappa shape index (κ2) is 6.47. The van der Waals surface area contributed by atoms with Crippen molar-refractivity contribution in [2.24, 2.45) is 5.92 Å². The molecule has 0 bridgehead atoms. The van der Waals surface area contributed by atoms with Crippen molar-refractivity contribution in [1.82, 2.24) is 4.98 Å². The first kappa shape index (κ1) is 14.6. The van der Waals surface area contributed by atoms with Crippen molar-refractivity contribution in [1.29, 1.82) is 0 Å². The Labute approximate surface area is 128 Å². The van der Waals surface area contributed by atoms with Gasteiger partial charge in [-0.3, -0.25) is 0 Å². The van der Waals surface area contributed by atoms with E-state index in [9.17, 15) is 0 Å². The van der Waals surface area contributed by atoms with Crippen molar-refractivity contribution in [2.45, 2.75) is 11.3 Å². The average Bonchev–Trinajstić information content (AvgIpc) is 2.70. The van der Waals surface area contributed by atoms with Gasteiger partial charge in [-0.25, -0.2) is 4.98 Å². The zero-order chi connectivity index (χ0) is 10.8. The van der Waals surface area contributed by atoms with Gasteiger partial charge in [0.2, 0.25) is 0 Å². The predicted molar refractivity (Wildman–Crippen MR) is 71.1 cm³/mol. The predicted octanol–water partition coefficient (Wildman–Crippen LogP) is 1.19. The molecule has 2 heterocycles. The number of aromatic nitrogens is 1. The summed E-state index contributed by atoms with van der Waals surface area (Å²) in [7, 11) is 0. The molecule has 1 aromatic rings. The molecule has 0 saturated carbocycles. The molecular formula is C10H14ClN2NaOS. The molecule has 16 heavy (non-hydrogen) atoms. The Morgan fingerprint density at radius 1 is 1.62 bits per heavy atom. The summed E-state index contributed by atoms with van der Waals surface area (Å²) in [5.41, 5.74) is 0. The number of hydrogen-bond acceptors (Lipinski definition) is 4. The molecule has 1 atom stereocenters. The molecule has 0 aliphatic carbocycles. The summed E-state index contributed by atoms with van der Waals surface area (Å²) in [6.45, 7) is 1.95. The van der Waals surface area contributed by atoms with E-state index in [0.29, 0.717) is 10.9 Å². The summed E-state index contributed by atoms with van der Waals surface area (Å²) in [6.07, 6.45) is 2.70. The van der Waals surface area contributed by atoms with Crippen molar-refractivity contribution >= 4 is 59.6 Å². The van der Waals surface area contributed by atoms with E-state index in [2.05, 4.69) is 22.5 Å². The fraction of sp³-hybridized carbons (Fsp3) is 0.500. The first-order valence-electron chi connectivity index (χ1n) is 4.91. The summed E-state index contributed by atoms with van der Waals surface area (Å²) in [6, 6.07) is 1.77. The van der Waals surface area contributed by atoms with Crippen LogP contribution in [0.1, 0.15) is 6.42 Å². The van der Waals surface area contributed by atoms with Crippen LogP contribution in [0.15, 0.2) is 17.2 Å². The van der Waals surface area contributed by atoms with Gasteiger partial charge in [0.15, 0.2) is 0 Å². The van der Waals surface area contributed by atoms with Gasteiger partial charge in [0.1, 0.15) is 5.82 Å². The van der Waals surface area contributed by atoms with Crippen LogP contribution in [0.25, 0.3) is 0 Å². The molecule has 1 saturated heterocycles. The van der Waals surface area contributed by atoms with Gasteiger partial charge in [-0.2, -0.15) is 0 Å². The van der Waals surface area contributed by atoms with Crippen molar-refractivity contribution in [2.75, 3.05) is 24.6 Å². The van der Waals surface area contributed by atoms with Gasteiger partial charge in [0.25, 0.3) is 0 Å². The van der Waals surface area contributed by atoms with Crippen molar-refractivity contribution in [3.05, 3.63) is 17.3 Å². The van der Waals surface area contributed by atoms with E-state index in [4.69, 9.17) is 16.7 Å². The van der Waals surface area contributed by atoms with E-state index in [0.717, 1.165) is 30.2 Å². The summed E-state index contributed by atoms with van der Waals surface area (Å²) < 4.78 is 0. The summed E-state index contributed by atoms with van der Waals surface area (Å²) >= 11 is 10.4. The molecule has 0 spiro atoms. The summed E-state index contributed by atoms with van der Waals surface area (Å²) in [5.74, 6) is 1.12. The minimum atomic E-state index is 0. The first-order valence-corrected chi connectivity index (χ1v) is 5.74. The number of nitrogens with zero attached hydrogens (tertiary/aromatic N) is 2. The zero-order valence-electron chi connectivity index (χ0n) is 8.23. The molecule has 84 valence electrons. The number of halogens is 1. The minimum absolute atomic E-state index is 0. The van der Waals surface area contributed by atoms with E-state index in [1.807, 2.05) is 0 Å². The Morgan fingerprint density at radius 3 is 3.00 bits per heavy atom. The van der Waals surface area contributed by atoms with E-state index in [1.165, 1.54) is 0 Å². The van der Waals surface area contributed by atoms with Gasteiger partial charge in [-0.05, 0) is 12.5 Å². The van der Waals surface area contributed by atoms with E-state index in [-0.39, 0.29) is 36.2 Å². The number of hydrogen-bond donors (Lipinski definition) is 2. The maximum atomic E-state index is 9.06. The average molecular weight is 269 g/mol. The number of aliphatic hydroxyl groups is 1. The summed E-state index contributed by atoms with van der Waals surface area (Å²) in [4.78, 5) is 7.10. The topological polar surface area (TPSA) is 36.4 Å². The second-order valence-electron chi connectivity index (χ2n) is 3.75. The number of aliphatic hydroxyl groups excluding tert-OH is 1. The van der Waals surface area contributed by atoms with Crippen molar-refractivity contribution < 1.29 is 5.11 Å². The molecule has 1 aliphatic rings. The molecule has 2 rings (SSSR count). The van der Waals surface area contributed by atoms with E-state index >= 15 is 0 Å². The molecule has 0 aromatic carbocycles. The Balaban J connectivity index is 0.00000128.